The Morgan fingerprint density at radius 1 is 1.46 bits per heavy atom. The Kier molecular flexibility index (Phi) is 2.67. The fraction of sp³-hybridized carbons (Fsp3) is 0.200. The SMILES string of the molecule is Cc1ccc2sc(S)cc2c1CBr. The molecule has 0 aliphatic heterocycles. The number of alkyl halides is 1. The monoisotopic (exact) mass is 272 g/mol. The summed E-state index contributed by atoms with van der Waals surface area (Å²) in [7, 11) is 0. The molecule has 0 aliphatic carbocycles. The summed E-state index contributed by atoms with van der Waals surface area (Å²) < 4.78 is 2.41. The van der Waals surface area contributed by atoms with Crippen molar-refractivity contribution in [1.82, 2.24) is 0 Å². The Balaban J connectivity index is 2.82. The zero-order valence-electron chi connectivity index (χ0n) is 7.17. The smallest absolute Gasteiger partial charge is 0.0580 e. The van der Waals surface area contributed by atoms with E-state index in [1.165, 1.54) is 21.2 Å². The Morgan fingerprint density at radius 3 is 2.92 bits per heavy atom. The fourth-order valence-electron chi connectivity index (χ4n) is 1.44. The van der Waals surface area contributed by atoms with Crippen molar-refractivity contribution in [3.8, 4) is 0 Å². The Morgan fingerprint density at radius 2 is 2.23 bits per heavy atom. The number of aryl methyl sites for hydroxylation is 1. The van der Waals surface area contributed by atoms with Gasteiger partial charge in [-0.25, -0.2) is 0 Å². The molecule has 0 N–H and O–H groups in total. The van der Waals surface area contributed by atoms with Crippen LogP contribution < -0.4 is 0 Å². The van der Waals surface area contributed by atoms with Crippen LogP contribution in [0.1, 0.15) is 11.1 Å². The second kappa shape index (κ2) is 3.64. The van der Waals surface area contributed by atoms with Crippen LogP contribution in [0.25, 0.3) is 10.1 Å². The second-order valence-corrected chi connectivity index (χ2v) is 5.42. The highest BCUT2D eigenvalue weighted by atomic mass is 79.9. The minimum atomic E-state index is 0.917. The summed E-state index contributed by atoms with van der Waals surface area (Å²) in [5, 5.41) is 2.26. The van der Waals surface area contributed by atoms with Gasteiger partial charge in [0, 0.05) is 10.0 Å². The average Bonchev–Trinajstić information content (AvgIpc) is 2.45. The predicted molar refractivity (Wildman–Crippen MR) is 66.4 cm³/mol. The van der Waals surface area contributed by atoms with Crippen molar-refractivity contribution in [2.24, 2.45) is 0 Å². The van der Waals surface area contributed by atoms with Gasteiger partial charge in [0.15, 0.2) is 0 Å². The summed E-state index contributed by atoms with van der Waals surface area (Å²) in [5.74, 6) is 0. The minimum absolute atomic E-state index is 0.917. The first-order valence-corrected chi connectivity index (χ1v) is 6.38. The van der Waals surface area contributed by atoms with Gasteiger partial charge in [-0.1, -0.05) is 22.0 Å². The van der Waals surface area contributed by atoms with Gasteiger partial charge >= 0.3 is 0 Å². The molecule has 1 heterocycles. The zero-order chi connectivity index (χ0) is 9.42. The van der Waals surface area contributed by atoms with Gasteiger partial charge in [0.1, 0.15) is 0 Å². The third kappa shape index (κ3) is 1.65. The number of benzene rings is 1. The highest BCUT2D eigenvalue weighted by Crippen LogP contribution is 2.32. The van der Waals surface area contributed by atoms with Crippen LogP contribution in [0.5, 0.6) is 0 Å². The maximum atomic E-state index is 4.37. The lowest BCUT2D eigenvalue weighted by Gasteiger charge is -2.02. The predicted octanol–water partition coefficient (Wildman–Crippen LogP) is 4.39. The van der Waals surface area contributed by atoms with Gasteiger partial charge in [-0.15, -0.1) is 24.0 Å². The van der Waals surface area contributed by atoms with Gasteiger partial charge < -0.3 is 0 Å². The minimum Gasteiger partial charge on any atom is -0.133 e. The number of hydrogen-bond donors (Lipinski definition) is 1. The Bertz CT molecular complexity index is 445. The number of rotatable bonds is 1. The molecule has 2 rings (SSSR count). The highest BCUT2D eigenvalue weighted by molar-refractivity contribution is 9.08. The van der Waals surface area contributed by atoms with E-state index in [0.29, 0.717) is 0 Å². The number of hydrogen-bond acceptors (Lipinski definition) is 2. The third-order valence-electron chi connectivity index (χ3n) is 2.17. The lowest BCUT2D eigenvalue weighted by atomic mass is 10.1. The molecule has 0 saturated heterocycles. The molecule has 68 valence electrons. The molecule has 1 aromatic heterocycles. The van der Waals surface area contributed by atoms with E-state index in [2.05, 4.69) is 53.7 Å². The highest BCUT2D eigenvalue weighted by Gasteiger charge is 2.05. The lowest BCUT2D eigenvalue weighted by Crippen LogP contribution is -1.83. The van der Waals surface area contributed by atoms with Crippen LogP contribution in [-0.4, -0.2) is 0 Å². The molecule has 0 bridgehead atoms. The normalized spacial score (nSPS) is 11.0. The van der Waals surface area contributed by atoms with Crippen molar-refractivity contribution in [2.45, 2.75) is 16.5 Å². The number of halogens is 1. The summed E-state index contributed by atoms with van der Waals surface area (Å²) in [6.07, 6.45) is 0. The molecule has 0 radical (unpaired) electrons. The van der Waals surface area contributed by atoms with E-state index in [9.17, 15) is 0 Å². The van der Waals surface area contributed by atoms with Crippen molar-refractivity contribution in [3.05, 3.63) is 29.3 Å². The van der Waals surface area contributed by atoms with Crippen molar-refractivity contribution in [3.63, 3.8) is 0 Å². The van der Waals surface area contributed by atoms with Crippen molar-refractivity contribution in [1.29, 1.82) is 0 Å². The number of thiophene rings is 1. The van der Waals surface area contributed by atoms with Gasteiger partial charge in [0.2, 0.25) is 0 Å². The maximum Gasteiger partial charge on any atom is 0.0580 e. The molecule has 0 nitrogen and oxygen atoms in total. The zero-order valence-corrected chi connectivity index (χ0v) is 10.5. The van der Waals surface area contributed by atoms with E-state index in [1.54, 1.807) is 11.3 Å². The molecule has 1 aromatic carbocycles. The molecular formula is C10H9BrS2. The summed E-state index contributed by atoms with van der Waals surface area (Å²) in [5.41, 5.74) is 2.73. The molecule has 0 atom stereocenters. The van der Waals surface area contributed by atoms with E-state index < -0.39 is 0 Å². The third-order valence-corrected chi connectivity index (χ3v) is 4.03. The van der Waals surface area contributed by atoms with E-state index in [0.717, 1.165) is 9.54 Å². The lowest BCUT2D eigenvalue weighted by molar-refractivity contribution is 1.36. The van der Waals surface area contributed by atoms with Crippen LogP contribution in [0.2, 0.25) is 0 Å². The molecule has 0 amide bonds. The Hall–Kier alpha value is 0.01000. The summed E-state index contributed by atoms with van der Waals surface area (Å²) in [4.78, 5) is 0. The molecule has 0 aliphatic rings. The van der Waals surface area contributed by atoms with E-state index >= 15 is 0 Å². The molecule has 0 fully saturated rings. The first-order chi connectivity index (χ1) is 6.22. The van der Waals surface area contributed by atoms with Crippen molar-refractivity contribution in [2.75, 3.05) is 0 Å². The first-order valence-electron chi connectivity index (χ1n) is 3.99. The standard InChI is InChI=1S/C10H9BrS2/c1-6-2-3-9-7(8(6)5-11)4-10(12)13-9/h2-4,12H,5H2,1H3. The van der Waals surface area contributed by atoms with Gasteiger partial charge in [0.05, 0.1) is 4.21 Å². The van der Waals surface area contributed by atoms with Crippen LogP contribution in [0.3, 0.4) is 0 Å². The quantitative estimate of drug-likeness (QED) is 0.578. The van der Waals surface area contributed by atoms with Gasteiger partial charge in [-0.3, -0.25) is 0 Å². The van der Waals surface area contributed by atoms with E-state index in [-0.39, 0.29) is 0 Å². The van der Waals surface area contributed by atoms with Crippen LogP contribution >= 0.6 is 39.9 Å². The van der Waals surface area contributed by atoms with E-state index in [4.69, 9.17) is 0 Å². The first kappa shape index (κ1) is 9.56. The van der Waals surface area contributed by atoms with E-state index in [1.807, 2.05) is 0 Å². The number of thiol groups is 1. The van der Waals surface area contributed by atoms with Crippen molar-refractivity contribution >= 4 is 50.0 Å². The van der Waals surface area contributed by atoms with Gasteiger partial charge in [0.25, 0.3) is 0 Å². The van der Waals surface area contributed by atoms with Crippen LogP contribution in [0.4, 0.5) is 0 Å². The van der Waals surface area contributed by atoms with Gasteiger partial charge in [-0.2, -0.15) is 0 Å². The molecule has 3 heteroatoms. The molecule has 0 unspecified atom stereocenters. The van der Waals surface area contributed by atoms with Crippen LogP contribution in [0.15, 0.2) is 22.4 Å². The van der Waals surface area contributed by atoms with Gasteiger partial charge in [-0.05, 0) is 35.6 Å². The Labute approximate surface area is 95.5 Å². The van der Waals surface area contributed by atoms with Crippen LogP contribution in [0, 0.1) is 6.92 Å². The number of fused-ring (bicyclic) bond motifs is 1. The summed E-state index contributed by atoms with van der Waals surface area (Å²) in [6, 6.07) is 6.48. The molecule has 0 saturated carbocycles. The topological polar surface area (TPSA) is 0 Å². The van der Waals surface area contributed by atoms with Crippen molar-refractivity contribution < 1.29 is 0 Å². The van der Waals surface area contributed by atoms with Crippen LogP contribution in [-0.2, 0) is 5.33 Å². The molecule has 0 spiro atoms. The maximum absolute atomic E-state index is 4.37. The fourth-order valence-corrected chi connectivity index (χ4v) is 3.44. The second-order valence-electron chi connectivity index (χ2n) is 2.99. The summed E-state index contributed by atoms with van der Waals surface area (Å²) in [6.45, 7) is 2.14. The largest absolute Gasteiger partial charge is 0.133 e. The average molecular weight is 273 g/mol. The molecule has 13 heavy (non-hydrogen) atoms. The summed E-state index contributed by atoms with van der Waals surface area (Å²) >= 11 is 9.62. The molecule has 2 aromatic rings. The molecular weight excluding hydrogens is 264 g/mol.